The third kappa shape index (κ3) is 4.79. The molecule has 1 aliphatic rings. The Morgan fingerprint density at radius 1 is 1.24 bits per heavy atom. The van der Waals surface area contributed by atoms with Crippen molar-refractivity contribution in [3.63, 3.8) is 0 Å². The lowest BCUT2D eigenvalue weighted by molar-refractivity contribution is -0.138. The van der Waals surface area contributed by atoms with Crippen molar-refractivity contribution in [1.82, 2.24) is 4.31 Å². The Bertz CT molecular complexity index is 722. The minimum Gasteiger partial charge on any atom is -0.481 e. The highest BCUT2D eigenvalue weighted by molar-refractivity contribution is 7.89. The average molecular weight is 368 g/mol. The van der Waals surface area contributed by atoms with Crippen LogP contribution in [0, 0.1) is 5.92 Å². The molecule has 2 rings (SSSR count). The SMILES string of the molecule is CCS(=O)(=O)N1CCC(C(=O)Nc2ccc(C(C)C(=O)O)cc2)CC1. The Balaban J connectivity index is 1.92. The van der Waals surface area contributed by atoms with Crippen LogP contribution in [0.25, 0.3) is 0 Å². The maximum Gasteiger partial charge on any atom is 0.310 e. The van der Waals surface area contributed by atoms with E-state index in [0.717, 1.165) is 0 Å². The molecule has 0 spiro atoms. The summed E-state index contributed by atoms with van der Waals surface area (Å²) in [7, 11) is -3.20. The van der Waals surface area contributed by atoms with Crippen LogP contribution in [0.15, 0.2) is 24.3 Å². The van der Waals surface area contributed by atoms with Gasteiger partial charge in [0.05, 0.1) is 11.7 Å². The zero-order valence-electron chi connectivity index (χ0n) is 14.4. The lowest BCUT2D eigenvalue weighted by Crippen LogP contribution is -2.42. The standard InChI is InChI=1S/C17H24N2O5S/c1-3-25(23,24)19-10-8-14(9-11-19)16(20)18-15-6-4-13(5-7-15)12(2)17(21)22/h4-7,12,14H,3,8-11H2,1-2H3,(H,18,20)(H,21,22). The summed E-state index contributed by atoms with van der Waals surface area (Å²) in [5.74, 6) is -1.78. The van der Waals surface area contributed by atoms with E-state index in [1.165, 1.54) is 4.31 Å². The molecule has 7 nitrogen and oxygen atoms in total. The number of piperidine rings is 1. The second-order valence-electron chi connectivity index (χ2n) is 6.25. The normalized spacial score (nSPS) is 17.8. The van der Waals surface area contributed by atoms with E-state index in [4.69, 9.17) is 5.11 Å². The molecular formula is C17H24N2O5S. The number of nitrogens with zero attached hydrogens (tertiary/aromatic N) is 1. The quantitative estimate of drug-likeness (QED) is 0.798. The van der Waals surface area contributed by atoms with Crippen LogP contribution in [0.5, 0.6) is 0 Å². The highest BCUT2D eigenvalue weighted by atomic mass is 32.2. The lowest BCUT2D eigenvalue weighted by Gasteiger charge is -2.30. The highest BCUT2D eigenvalue weighted by Crippen LogP contribution is 2.23. The lowest BCUT2D eigenvalue weighted by atomic mass is 9.97. The summed E-state index contributed by atoms with van der Waals surface area (Å²) in [5, 5.41) is 11.8. The predicted octanol–water partition coefficient (Wildman–Crippen LogP) is 1.87. The van der Waals surface area contributed by atoms with Gasteiger partial charge in [-0.1, -0.05) is 12.1 Å². The maximum atomic E-state index is 12.3. The van der Waals surface area contributed by atoms with E-state index in [2.05, 4.69) is 5.32 Å². The average Bonchev–Trinajstić information content (AvgIpc) is 2.61. The topological polar surface area (TPSA) is 104 Å². The van der Waals surface area contributed by atoms with Crippen molar-refractivity contribution >= 4 is 27.6 Å². The number of rotatable bonds is 6. The van der Waals surface area contributed by atoms with Gasteiger partial charge in [-0.3, -0.25) is 9.59 Å². The summed E-state index contributed by atoms with van der Waals surface area (Å²) in [5.41, 5.74) is 1.28. The molecule has 1 atom stereocenters. The molecule has 25 heavy (non-hydrogen) atoms. The number of carboxylic acid groups (broad SMARTS) is 1. The summed E-state index contributed by atoms with van der Waals surface area (Å²) in [6.07, 6.45) is 0.998. The van der Waals surface area contributed by atoms with Crippen molar-refractivity contribution in [2.24, 2.45) is 5.92 Å². The van der Waals surface area contributed by atoms with Crippen LogP contribution in [0.4, 0.5) is 5.69 Å². The Hall–Kier alpha value is -1.93. The first kappa shape index (κ1) is 19.4. The molecule has 1 fully saturated rings. The molecule has 1 amide bonds. The monoisotopic (exact) mass is 368 g/mol. The van der Waals surface area contributed by atoms with E-state index in [-0.39, 0.29) is 17.6 Å². The third-order valence-corrected chi connectivity index (χ3v) is 6.51. The Morgan fingerprint density at radius 2 is 1.80 bits per heavy atom. The number of nitrogens with one attached hydrogen (secondary N) is 1. The molecule has 1 unspecified atom stereocenters. The molecule has 1 aromatic rings. The molecule has 1 aliphatic heterocycles. The van der Waals surface area contributed by atoms with Crippen LogP contribution in [0.1, 0.15) is 38.2 Å². The zero-order valence-corrected chi connectivity index (χ0v) is 15.3. The van der Waals surface area contributed by atoms with E-state index >= 15 is 0 Å². The van der Waals surface area contributed by atoms with Gasteiger partial charge in [-0.25, -0.2) is 12.7 Å². The highest BCUT2D eigenvalue weighted by Gasteiger charge is 2.30. The van der Waals surface area contributed by atoms with Gasteiger partial charge in [-0.15, -0.1) is 0 Å². The smallest absolute Gasteiger partial charge is 0.310 e. The van der Waals surface area contributed by atoms with Crippen LogP contribution in [0.2, 0.25) is 0 Å². The van der Waals surface area contributed by atoms with Crippen molar-refractivity contribution in [3.8, 4) is 0 Å². The number of hydrogen-bond donors (Lipinski definition) is 2. The number of carbonyl (C=O) groups excluding carboxylic acids is 1. The van der Waals surface area contributed by atoms with Crippen LogP contribution >= 0.6 is 0 Å². The third-order valence-electron chi connectivity index (χ3n) is 4.63. The molecule has 1 aromatic carbocycles. The second-order valence-corrected chi connectivity index (χ2v) is 8.50. The number of carboxylic acids is 1. The van der Waals surface area contributed by atoms with Crippen molar-refractivity contribution in [2.45, 2.75) is 32.6 Å². The minimum atomic E-state index is -3.20. The minimum absolute atomic E-state index is 0.0744. The molecule has 0 bridgehead atoms. The molecule has 0 radical (unpaired) electrons. The van der Waals surface area contributed by atoms with Gasteiger partial charge in [0.2, 0.25) is 15.9 Å². The number of carbonyl (C=O) groups is 2. The first-order valence-corrected chi connectivity index (χ1v) is 9.97. The summed E-state index contributed by atoms with van der Waals surface area (Å²) in [6.45, 7) is 3.95. The predicted molar refractivity (Wildman–Crippen MR) is 94.9 cm³/mol. The molecule has 0 saturated carbocycles. The molecule has 0 aromatic heterocycles. The summed E-state index contributed by atoms with van der Waals surface area (Å²) < 4.78 is 25.1. The molecule has 1 heterocycles. The van der Waals surface area contributed by atoms with E-state index in [9.17, 15) is 18.0 Å². The van der Waals surface area contributed by atoms with Gasteiger partial charge in [-0.05, 0) is 44.4 Å². The van der Waals surface area contributed by atoms with E-state index in [1.54, 1.807) is 38.1 Å². The fourth-order valence-corrected chi connectivity index (χ4v) is 3.95. The number of benzene rings is 1. The fraction of sp³-hybridized carbons (Fsp3) is 0.529. The molecule has 8 heteroatoms. The first-order chi connectivity index (χ1) is 11.7. The largest absolute Gasteiger partial charge is 0.481 e. The number of amides is 1. The van der Waals surface area contributed by atoms with Gasteiger partial charge in [-0.2, -0.15) is 0 Å². The van der Waals surface area contributed by atoms with Crippen molar-refractivity contribution < 1.29 is 23.1 Å². The van der Waals surface area contributed by atoms with Gasteiger partial charge in [0.1, 0.15) is 0 Å². The van der Waals surface area contributed by atoms with E-state index in [0.29, 0.717) is 37.2 Å². The Kier molecular flexibility index (Phi) is 6.18. The van der Waals surface area contributed by atoms with E-state index in [1.807, 2.05) is 0 Å². The molecule has 1 saturated heterocycles. The number of hydrogen-bond acceptors (Lipinski definition) is 4. The Labute approximate surface area is 148 Å². The summed E-state index contributed by atoms with van der Waals surface area (Å²) in [4.78, 5) is 23.3. The van der Waals surface area contributed by atoms with Crippen molar-refractivity contribution in [2.75, 3.05) is 24.2 Å². The van der Waals surface area contributed by atoms with Crippen LogP contribution < -0.4 is 5.32 Å². The van der Waals surface area contributed by atoms with Crippen LogP contribution in [-0.2, 0) is 19.6 Å². The van der Waals surface area contributed by atoms with Crippen molar-refractivity contribution in [3.05, 3.63) is 29.8 Å². The number of anilines is 1. The van der Waals surface area contributed by atoms with Gasteiger partial charge in [0.25, 0.3) is 0 Å². The summed E-state index contributed by atoms with van der Waals surface area (Å²) >= 11 is 0. The number of aliphatic carboxylic acids is 1. The van der Waals surface area contributed by atoms with E-state index < -0.39 is 21.9 Å². The van der Waals surface area contributed by atoms with Gasteiger partial charge >= 0.3 is 5.97 Å². The number of sulfonamides is 1. The maximum absolute atomic E-state index is 12.3. The molecular weight excluding hydrogens is 344 g/mol. The van der Waals surface area contributed by atoms with Crippen LogP contribution in [-0.4, -0.2) is 48.5 Å². The van der Waals surface area contributed by atoms with Gasteiger partial charge < -0.3 is 10.4 Å². The first-order valence-electron chi connectivity index (χ1n) is 8.36. The van der Waals surface area contributed by atoms with Crippen LogP contribution in [0.3, 0.4) is 0 Å². The second kappa shape index (κ2) is 7.97. The Morgan fingerprint density at radius 3 is 2.28 bits per heavy atom. The van der Waals surface area contributed by atoms with Gasteiger partial charge in [0, 0.05) is 24.7 Å². The zero-order chi connectivity index (χ0) is 18.6. The summed E-state index contributed by atoms with van der Waals surface area (Å²) in [6, 6.07) is 6.74. The molecule has 0 aliphatic carbocycles. The van der Waals surface area contributed by atoms with Gasteiger partial charge in [0.15, 0.2) is 0 Å². The molecule has 138 valence electrons. The molecule has 2 N–H and O–H groups in total. The fourth-order valence-electron chi connectivity index (χ4n) is 2.82. The van der Waals surface area contributed by atoms with Crippen molar-refractivity contribution in [1.29, 1.82) is 0 Å².